The number of nitrogens with two attached hydrogens (primary N) is 1. The van der Waals surface area contributed by atoms with Gasteiger partial charge in [0, 0.05) is 5.69 Å². The van der Waals surface area contributed by atoms with Crippen molar-refractivity contribution in [1.29, 1.82) is 0 Å². The first kappa shape index (κ1) is 17.0. The minimum absolute atomic E-state index is 0. The Morgan fingerprint density at radius 2 is 1.88 bits per heavy atom. The van der Waals surface area contributed by atoms with E-state index in [1.807, 2.05) is 0 Å². The average Bonchev–Trinajstić information content (AvgIpc) is 2.19. The first-order valence-electron chi connectivity index (χ1n) is 4.45. The van der Waals surface area contributed by atoms with E-state index < -0.39 is 18.4 Å². The van der Waals surface area contributed by atoms with Crippen LogP contribution >= 0.6 is 0 Å². The molecule has 1 aromatic rings. The van der Waals surface area contributed by atoms with Crippen molar-refractivity contribution < 1.29 is 73.9 Å². The number of nitrogen functional groups attached to an aromatic ring is 1. The number of carbonyl (C=O) groups excluding carboxylic acids is 1. The number of carbonyl (C=O) groups is 1. The van der Waals surface area contributed by atoms with E-state index >= 15 is 0 Å². The second kappa shape index (κ2) is 6.24. The van der Waals surface area contributed by atoms with E-state index in [0.717, 1.165) is 19.2 Å². The normalized spacial score (nSPS) is 10.6. The van der Waals surface area contributed by atoms with Crippen molar-refractivity contribution in [3.05, 3.63) is 23.3 Å². The van der Waals surface area contributed by atoms with Gasteiger partial charge in [-0.05, 0) is 12.5 Å². The third kappa shape index (κ3) is 3.99. The van der Waals surface area contributed by atoms with Gasteiger partial charge in [-0.15, -0.1) is 5.46 Å². The zero-order chi connectivity index (χ0) is 12.5. The van der Waals surface area contributed by atoms with Gasteiger partial charge in [0.25, 0.3) is 0 Å². The number of anilines is 1. The van der Waals surface area contributed by atoms with Gasteiger partial charge in [-0.3, -0.25) is 0 Å². The number of esters is 1. The van der Waals surface area contributed by atoms with Crippen LogP contribution in [-0.2, 0) is 4.74 Å². The van der Waals surface area contributed by atoms with E-state index in [0.29, 0.717) is 0 Å². The Labute approximate surface area is 139 Å². The zero-order valence-electron chi connectivity index (χ0n) is 9.76. The molecule has 0 saturated carbocycles. The van der Waals surface area contributed by atoms with E-state index in [9.17, 15) is 17.7 Å². The standard InChI is InChI=1S/C9H10BF3NO2.K/c1-5-7(9(15)16-2)3-6(4-8(5)14)10(11,12)13;/h3-4H,14H2,1-2H3;/q-1;+1. The van der Waals surface area contributed by atoms with Crippen LogP contribution in [-0.4, -0.2) is 20.1 Å². The molecule has 0 aliphatic rings. The molecule has 2 N–H and O–H groups in total. The van der Waals surface area contributed by atoms with E-state index in [1.165, 1.54) is 6.92 Å². The Balaban J connectivity index is 0.00000256. The fraction of sp³-hybridized carbons (Fsp3) is 0.222. The molecule has 17 heavy (non-hydrogen) atoms. The quantitative estimate of drug-likeness (QED) is 0.401. The van der Waals surface area contributed by atoms with Crippen molar-refractivity contribution >= 4 is 24.1 Å². The summed E-state index contributed by atoms with van der Waals surface area (Å²) < 4.78 is 41.9. The number of hydrogen-bond donors (Lipinski definition) is 1. The monoisotopic (exact) mass is 271 g/mol. The van der Waals surface area contributed by atoms with Crippen LogP contribution < -0.4 is 62.6 Å². The summed E-state index contributed by atoms with van der Waals surface area (Å²) >= 11 is 0. The summed E-state index contributed by atoms with van der Waals surface area (Å²) in [5.41, 5.74) is 4.57. The number of hydrogen-bond acceptors (Lipinski definition) is 3. The summed E-state index contributed by atoms with van der Waals surface area (Å²) in [7, 11) is 1.10. The van der Waals surface area contributed by atoms with Crippen LogP contribution in [0.4, 0.5) is 18.6 Å². The van der Waals surface area contributed by atoms with Gasteiger partial charge in [0.15, 0.2) is 0 Å². The van der Waals surface area contributed by atoms with Gasteiger partial charge in [-0.25, -0.2) is 4.79 Å². The smallest absolute Gasteiger partial charge is 0.465 e. The number of methoxy groups -OCH3 is 1. The topological polar surface area (TPSA) is 52.3 Å². The molecule has 0 fully saturated rings. The Hall–Kier alpha value is -0.0187. The van der Waals surface area contributed by atoms with E-state index in [1.54, 1.807) is 0 Å². The molecular weight excluding hydrogens is 261 g/mol. The van der Waals surface area contributed by atoms with Crippen molar-refractivity contribution in [2.45, 2.75) is 6.92 Å². The minimum atomic E-state index is -5.18. The van der Waals surface area contributed by atoms with Gasteiger partial charge in [0.05, 0.1) is 12.7 Å². The number of halogens is 3. The van der Waals surface area contributed by atoms with Crippen LogP contribution in [0.1, 0.15) is 15.9 Å². The molecule has 0 heterocycles. The summed E-state index contributed by atoms with van der Waals surface area (Å²) in [6.45, 7) is -3.71. The summed E-state index contributed by atoms with van der Waals surface area (Å²) in [6, 6.07) is 1.58. The van der Waals surface area contributed by atoms with Crippen molar-refractivity contribution in [1.82, 2.24) is 0 Å². The first-order chi connectivity index (χ1) is 7.27. The van der Waals surface area contributed by atoms with Crippen LogP contribution in [0.15, 0.2) is 12.1 Å². The molecule has 0 spiro atoms. The Morgan fingerprint density at radius 1 is 1.35 bits per heavy atom. The number of benzene rings is 1. The van der Waals surface area contributed by atoms with Crippen molar-refractivity contribution in [2.75, 3.05) is 12.8 Å². The molecule has 1 aromatic carbocycles. The molecule has 0 saturated heterocycles. The predicted octanol–water partition coefficient (Wildman–Crippen LogP) is -1.58. The zero-order valence-corrected chi connectivity index (χ0v) is 12.9. The van der Waals surface area contributed by atoms with Gasteiger partial charge in [0.2, 0.25) is 0 Å². The molecule has 0 amide bonds. The van der Waals surface area contributed by atoms with Gasteiger partial charge >= 0.3 is 64.3 Å². The van der Waals surface area contributed by atoms with Crippen molar-refractivity contribution in [3.63, 3.8) is 0 Å². The Kier molecular flexibility index (Phi) is 6.23. The molecule has 0 aliphatic carbocycles. The molecule has 0 aromatic heterocycles. The number of rotatable bonds is 2. The van der Waals surface area contributed by atoms with Crippen LogP contribution in [0.3, 0.4) is 0 Å². The van der Waals surface area contributed by atoms with Gasteiger partial charge in [-0.2, -0.15) is 0 Å². The van der Waals surface area contributed by atoms with Crippen LogP contribution in [0.25, 0.3) is 0 Å². The summed E-state index contributed by atoms with van der Waals surface area (Å²) in [5, 5.41) is 0. The third-order valence-electron chi connectivity index (χ3n) is 2.25. The van der Waals surface area contributed by atoms with Gasteiger partial charge in [-0.1, -0.05) is 12.1 Å². The van der Waals surface area contributed by atoms with Gasteiger partial charge in [0.1, 0.15) is 0 Å². The fourth-order valence-corrected chi connectivity index (χ4v) is 1.27. The van der Waals surface area contributed by atoms with Crippen LogP contribution in [0.5, 0.6) is 0 Å². The molecule has 1 rings (SSSR count). The van der Waals surface area contributed by atoms with Crippen LogP contribution in [0, 0.1) is 6.92 Å². The first-order valence-corrected chi connectivity index (χ1v) is 4.45. The molecule has 0 bridgehead atoms. The van der Waals surface area contributed by atoms with Crippen molar-refractivity contribution in [3.8, 4) is 0 Å². The molecule has 0 atom stereocenters. The SMILES string of the molecule is COC(=O)c1cc([B-](F)(F)F)cc(N)c1C.[K+]. The third-order valence-corrected chi connectivity index (χ3v) is 2.25. The van der Waals surface area contributed by atoms with Crippen LogP contribution in [0.2, 0.25) is 0 Å². The van der Waals surface area contributed by atoms with E-state index in [4.69, 9.17) is 5.73 Å². The molecule has 3 nitrogen and oxygen atoms in total. The summed E-state index contributed by atoms with van der Waals surface area (Å²) in [6.07, 6.45) is 0. The molecule has 0 aliphatic heterocycles. The summed E-state index contributed by atoms with van der Waals surface area (Å²) in [5.74, 6) is -0.828. The Morgan fingerprint density at radius 3 is 2.29 bits per heavy atom. The average molecular weight is 271 g/mol. The molecular formula is C9H10BF3KNO2. The molecule has 88 valence electrons. The number of ether oxygens (including phenoxy) is 1. The van der Waals surface area contributed by atoms with Gasteiger partial charge < -0.3 is 23.4 Å². The second-order valence-electron chi connectivity index (χ2n) is 3.35. The summed E-state index contributed by atoms with van der Waals surface area (Å²) in [4.78, 5) is 11.2. The van der Waals surface area contributed by atoms with E-state index in [-0.39, 0.29) is 68.2 Å². The second-order valence-corrected chi connectivity index (χ2v) is 3.35. The molecule has 0 radical (unpaired) electrons. The molecule has 8 heteroatoms. The van der Waals surface area contributed by atoms with Crippen molar-refractivity contribution in [2.24, 2.45) is 0 Å². The molecule has 0 unspecified atom stereocenters. The largest absolute Gasteiger partial charge is 1.00 e. The minimum Gasteiger partial charge on any atom is -0.465 e. The fourth-order valence-electron chi connectivity index (χ4n) is 1.27. The predicted molar refractivity (Wildman–Crippen MR) is 55.6 cm³/mol. The Bertz CT molecular complexity index is 437. The maximum Gasteiger partial charge on any atom is 1.00 e. The van der Waals surface area contributed by atoms with E-state index in [2.05, 4.69) is 4.74 Å². The maximum absolute atomic E-state index is 12.5. The maximum atomic E-state index is 12.5.